The van der Waals surface area contributed by atoms with Crippen LogP contribution in [0.2, 0.25) is 0 Å². The maximum absolute atomic E-state index is 12.8. The molecule has 168 valence electrons. The second-order valence-electron chi connectivity index (χ2n) is 7.31. The third-order valence-corrected chi connectivity index (χ3v) is 8.55. The van der Waals surface area contributed by atoms with Gasteiger partial charge in [0.05, 0.1) is 31.3 Å². The molecule has 0 bridgehead atoms. The fourth-order valence-electron chi connectivity index (χ4n) is 3.79. The zero-order valence-electron chi connectivity index (χ0n) is 17.7. The van der Waals surface area contributed by atoms with Crippen LogP contribution in [-0.2, 0) is 25.5 Å². The van der Waals surface area contributed by atoms with Crippen LogP contribution in [0.3, 0.4) is 0 Å². The number of nitrogens with zero attached hydrogens (tertiary/aromatic N) is 4. The molecule has 2 atom stereocenters. The van der Waals surface area contributed by atoms with Gasteiger partial charge in [-0.05, 0) is 11.4 Å². The Balaban J connectivity index is 0.00000259. The first-order valence-electron chi connectivity index (χ1n) is 9.90. The largest absolute Gasteiger partial charge is 1.00 e. The minimum Gasteiger partial charge on any atom is -0.543 e. The molecule has 2 amide bonds. The minimum atomic E-state index is -1.44. The van der Waals surface area contributed by atoms with E-state index >= 15 is 0 Å². The normalized spacial score (nSPS) is 22.4. The summed E-state index contributed by atoms with van der Waals surface area (Å²) in [4.78, 5) is 41.3. The molecular weight excluding hydrogens is 497 g/mol. The van der Waals surface area contributed by atoms with E-state index in [4.69, 9.17) is 4.74 Å². The summed E-state index contributed by atoms with van der Waals surface area (Å²) in [5, 5.41) is 25.7. The number of rotatable bonds is 6. The number of carbonyl (C=O) groups is 3. The van der Waals surface area contributed by atoms with Crippen molar-refractivity contribution in [1.82, 2.24) is 20.4 Å². The molecule has 2 aromatic rings. The minimum absolute atomic E-state index is 0. The molecule has 1 unspecified atom stereocenters. The van der Waals surface area contributed by atoms with Gasteiger partial charge in [0.15, 0.2) is 0 Å². The Morgan fingerprint density at radius 1 is 1.27 bits per heavy atom. The van der Waals surface area contributed by atoms with Crippen molar-refractivity contribution >= 4 is 62.9 Å². The number of ether oxygens (including phenoxy) is 1. The quantitative estimate of drug-likeness (QED) is 0.309. The van der Waals surface area contributed by atoms with Crippen LogP contribution >= 0.6 is 34.4 Å². The van der Waals surface area contributed by atoms with Crippen molar-refractivity contribution in [2.24, 2.45) is 0 Å². The molecule has 0 radical (unpaired) electrons. The number of fused-ring (bicyclic) bond motifs is 1. The second kappa shape index (κ2) is 10.4. The number of carboxylic acids is 1. The van der Waals surface area contributed by atoms with E-state index in [1.807, 2.05) is 22.4 Å². The number of morpholine rings is 1. The standard InChI is InChI=1S/C19H19N5O5S3.Na/c25-12(8-10-2-1-7-30-10)20-13-16(26)24-14(18(27)28)11(9-31-17(13)24)15-21-22-19(32-15)23-3-5-29-6-4-23;/h1-2,7,13,17H,3-6,8-9H2,(H,20,25)(H,27,28);/q;+1/p-1/t13?,17-;/m0./s1. The number of aliphatic carboxylic acids is 1. The first-order valence-corrected chi connectivity index (χ1v) is 12.6. The van der Waals surface area contributed by atoms with Crippen molar-refractivity contribution in [2.75, 3.05) is 37.0 Å². The molecule has 5 rings (SSSR count). The molecule has 0 aliphatic carbocycles. The van der Waals surface area contributed by atoms with Crippen molar-refractivity contribution in [3.05, 3.63) is 33.1 Å². The van der Waals surface area contributed by atoms with Crippen LogP contribution in [0.1, 0.15) is 9.88 Å². The topological polar surface area (TPSA) is 128 Å². The Kier molecular flexibility index (Phi) is 7.78. The summed E-state index contributed by atoms with van der Waals surface area (Å²) in [7, 11) is 0. The third-order valence-electron chi connectivity index (χ3n) is 5.35. The number of thiophene rings is 1. The van der Waals surface area contributed by atoms with Crippen LogP contribution in [0.15, 0.2) is 23.2 Å². The number of aromatic nitrogens is 2. The van der Waals surface area contributed by atoms with Gasteiger partial charge in [0.25, 0.3) is 5.91 Å². The number of anilines is 1. The van der Waals surface area contributed by atoms with Gasteiger partial charge in [0, 0.05) is 29.3 Å². The van der Waals surface area contributed by atoms with Crippen LogP contribution in [0.5, 0.6) is 0 Å². The molecular formula is C19H18N5NaO5S3. The van der Waals surface area contributed by atoms with Gasteiger partial charge >= 0.3 is 29.6 Å². The predicted molar refractivity (Wildman–Crippen MR) is 118 cm³/mol. The molecule has 2 fully saturated rings. The van der Waals surface area contributed by atoms with Gasteiger partial charge in [-0.2, -0.15) is 0 Å². The van der Waals surface area contributed by atoms with Crippen LogP contribution in [0.25, 0.3) is 5.57 Å². The van der Waals surface area contributed by atoms with Gasteiger partial charge in [-0.25, -0.2) is 0 Å². The summed E-state index contributed by atoms with van der Waals surface area (Å²) < 4.78 is 5.35. The Bertz CT molecular complexity index is 1090. The number of carbonyl (C=O) groups excluding carboxylic acids is 3. The van der Waals surface area contributed by atoms with Crippen molar-refractivity contribution in [2.45, 2.75) is 17.8 Å². The fraction of sp³-hybridized carbons (Fsp3) is 0.421. The molecule has 0 aromatic carbocycles. The molecule has 0 saturated carbocycles. The number of amides is 2. The zero-order valence-corrected chi connectivity index (χ0v) is 22.1. The average molecular weight is 516 g/mol. The van der Waals surface area contributed by atoms with Gasteiger partial charge in [-0.3, -0.25) is 14.5 Å². The molecule has 5 heterocycles. The van der Waals surface area contributed by atoms with Gasteiger partial charge in [-0.1, -0.05) is 17.4 Å². The van der Waals surface area contributed by atoms with E-state index in [9.17, 15) is 19.5 Å². The van der Waals surface area contributed by atoms with Crippen LogP contribution in [0.4, 0.5) is 5.13 Å². The Labute approximate surface area is 223 Å². The van der Waals surface area contributed by atoms with Crippen molar-refractivity contribution in [1.29, 1.82) is 0 Å². The number of hydrogen-bond acceptors (Lipinski definition) is 11. The van der Waals surface area contributed by atoms with Crippen molar-refractivity contribution in [3.8, 4) is 0 Å². The molecule has 1 N–H and O–H groups in total. The SMILES string of the molecule is O=C(Cc1cccs1)NC1C(=O)N2C(C(=O)[O-])=C(c3nnc(N4CCOCC4)s3)CS[C@@H]12.[Na+]. The van der Waals surface area contributed by atoms with Gasteiger partial charge in [0.2, 0.25) is 11.0 Å². The summed E-state index contributed by atoms with van der Waals surface area (Å²) in [6.07, 6.45) is 0.183. The number of thioether (sulfide) groups is 1. The molecule has 0 spiro atoms. The molecule has 3 aliphatic rings. The van der Waals surface area contributed by atoms with Crippen LogP contribution in [0, 0.1) is 0 Å². The maximum Gasteiger partial charge on any atom is 1.00 e. The number of nitrogens with one attached hydrogen (secondary N) is 1. The van der Waals surface area contributed by atoms with E-state index in [1.165, 1.54) is 39.3 Å². The average Bonchev–Trinajstić information content (AvgIpc) is 3.49. The molecule has 33 heavy (non-hydrogen) atoms. The summed E-state index contributed by atoms with van der Waals surface area (Å²) in [5.41, 5.74) is 0.229. The molecule has 10 nitrogen and oxygen atoms in total. The Morgan fingerprint density at radius 2 is 2.06 bits per heavy atom. The van der Waals surface area contributed by atoms with E-state index in [0.717, 1.165) is 4.88 Å². The summed E-state index contributed by atoms with van der Waals surface area (Å²) in [6.45, 7) is 2.58. The van der Waals surface area contributed by atoms with Crippen molar-refractivity contribution in [3.63, 3.8) is 0 Å². The second-order valence-corrected chi connectivity index (χ2v) is 10.4. The van der Waals surface area contributed by atoms with Crippen molar-refractivity contribution < 1.29 is 53.8 Å². The number of carboxylic acid groups (broad SMARTS) is 1. The van der Waals surface area contributed by atoms with E-state index in [0.29, 0.717) is 47.8 Å². The first-order chi connectivity index (χ1) is 15.5. The number of β-lactam (4-membered cyclic amide) rings is 1. The monoisotopic (exact) mass is 515 g/mol. The molecule has 2 aromatic heterocycles. The fourth-order valence-corrected chi connectivity index (χ4v) is 6.87. The zero-order chi connectivity index (χ0) is 22.2. The summed E-state index contributed by atoms with van der Waals surface area (Å²) in [5.74, 6) is -1.84. The number of hydrogen-bond donors (Lipinski definition) is 1. The summed E-state index contributed by atoms with van der Waals surface area (Å²) in [6, 6.07) is 2.95. The van der Waals surface area contributed by atoms with Gasteiger partial charge < -0.3 is 24.9 Å². The van der Waals surface area contributed by atoms with Gasteiger partial charge in [-0.15, -0.1) is 33.3 Å². The van der Waals surface area contributed by atoms with E-state index in [-0.39, 0.29) is 47.6 Å². The predicted octanol–water partition coefficient (Wildman–Crippen LogP) is -3.46. The first kappa shape index (κ1) is 24.6. The Morgan fingerprint density at radius 3 is 2.76 bits per heavy atom. The van der Waals surface area contributed by atoms with Gasteiger partial charge in [0.1, 0.15) is 16.4 Å². The molecule has 3 aliphatic heterocycles. The van der Waals surface area contributed by atoms with Crippen LogP contribution in [-0.4, -0.2) is 76.4 Å². The van der Waals surface area contributed by atoms with E-state index in [1.54, 1.807) is 0 Å². The van der Waals surface area contributed by atoms with E-state index in [2.05, 4.69) is 15.5 Å². The van der Waals surface area contributed by atoms with E-state index < -0.39 is 23.3 Å². The smallest absolute Gasteiger partial charge is 0.543 e. The third kappa shape index (κ3) is 4.85. The molecule has 14 heteroatoms. The molecule has 2 saturated heterocycles. The van der Waals surface area contributed by atoms with Crippen LogP contribution < -0.4 is 44.9 Å². The summed E-state index contributed by atoms with van der Waals surface area (Å²) >= 11 is 4.15. The maximum atomic E-state index is 12.8. The Hall–Kier alpha value is -1.48.